The van der Waals surface area contributed by atoms with Crippen molar-refractivity contribution in [2.45, 2.75) is 18.8 Å². The number of aliphatic hydroxyl groups excluding tert-OH is 1. The van der Waals surface area contributed by atoms with Gasteiger partial charge in [0.25, 0.3) is 5.91 Å². The van der Waals surface area contributed by atoms with Crippen LogP contribution in [0.15, 0.2) is 97.1 Å². The lowest BCUT2D eigenvalue weighted by Crippen LogP contribution is -2.38. The van der Waals surface area contributed by atoms with Crippen molar-refractivity contribution in [1.82, 2.24) is 10.4 Å². The molecule has 2 amide bonds. The Kier molecular flexibility index (Phi) is 7.70. The summed E-state index contributed by atoms with van der Waals surface area (Å²) in [5.74, 6) is -0.274. The largest absolute Gasteiger partial charge is 0.443 e. The number of benzene rings is 3. The van der Waals surface area contributed by atoms with E-state index in [9.17, 15) is 9.59 Å². The molecule has 0 saturated heterocycles. The van der Waals surface area contributed by atoms with Gasteiger partial charge >= 0.3 is 6.09 Å². The highest BCUT2D eigenvalue weighted by Gasteiger charge is 2.32. The number of nitrogens with zero attached hydrogens (tertiary/aromatic N) is 1. The summed E-state index contributed by atoms with van der Waals surface area (Å²) in [5.41, 5.74) is 3.02. The van der Waals surface area contributed by atoms with E-state index in [1.165, 1.54) is 5.06 Å². The Bertz CT molecular complexity index is 1120. The maximum absolute atomic E-state index is 13.1. The zero-order chi connectivity index (χ0) is 23.8. The summed E-state index contributed by atoms with van der Waals surface area (Å²) >= 11 is 0. The van der Waals surface area contributed by atoms with Crippen LogP contribution in [0, 0.1) is 0 Å². The first-order valence-corrected chi connectivity index (χ1v) is 11.0. The van der Waals surface area contributed by atoms with E-state index in [1.807, 2.05) is 72.8 Å². The van der Waals surface area contributed by atoms with Gasteiger partial charge in [0.1, 0.15) is 18.8 Å². The fourth-order valence-electron chi connectivity index (χ4n) is 3.61. The van der Waals surface area contributed by atoms with Crippen molar-refractivity contribution in [3.8, 4) is 0 Å². The van der Waals surface area contributed by atoms with Gasteiger partial charge in [-0.2, -0.15) is 5.06 Å². The van der Waals surface area contributed by atoms with Crippen molar-refractivity contribution >= 4 is 12.0 Å². The highest BCUT2D eigenvalue weighted by Crippen LogP contribution is 2.34. The maximum atomic E-state index is 13.1. The van der Waals surface area contributed by atoms with Gasteiger partial charge in [-0.15, -0.1) is 0 Å². The van der Waals surface area contributed by atoms with Crippen LogP contribution in [-0.2, 0) is 16.2 Å². The zero-order valence-corrected chi connectivity index (χ0v) is 18.5. The highest BCUT2D eigenvalue weighted by atomic mass is 16.7. The second kappa shape index (κ2) is 11.3. The zero-order valence-electron chi connectivity index (χ0n) is 18.5. The molecule has 0 spiro atoms. The molecule has 0 fully saturated rings. The maximum Gasteiger partial charge on any atom is 0.435 e. The van der Waals surface area contributed by atoms with Crippen LogP contribution in [0.1, 0.15) is 39.2 Å². The molecule has 2 N–H and O–H groups in total. The van der Waals surface area contributed by atoms with Crippen molar-refractivity contribution in [1.29, 1.82) is 0 Å². The van der Waals surface area contributed by atoms with Gasteiger partial charge in [-0.1, -0.05) is 84.9 Å². The Labute approximate surface area is 198 Å². The van der Waals surface area contributed by atoms with Crippen LogP contribution in [0.3, 0.4) is 0 Å². The quantitative estimate of drug-likeness (QED) is 0.515. The lowest BCUT2D eigenvalue weighted by atomic mass is 10.0. The molecule has 34 heavy (non-hydrogen) atoms. The number of carbonyl (C=O) groups is 2. The van der Waals surface area contributed by atoms with E-state index in [-0.39, 0.29) is 25.7 Å². The van der Waals surface area contributed by atoms with Crippen LogP contribution in [-0.4, -0.2) is 35.3 Å². The molecular weight excluding hydrogens is 432 g/mol. The summed E-state index contributed by atoms with van der Waals surface area (Å²) in [5, 5.41) is 12.7. The predicted molar refractivity (Wildman–Crippen MR) is 126 cm³/mol. The summed E-state index contributed by atoms with van der Waals surface area (Å²) in [6.45, 7) is 0.0934. The average molecular weight is 459 g/mol. The topological polar surface area (TPSA) is 88.1 Å². The van der Waals surface area contributed by atoms with Gasteiger partial charge in [0.2, 0.25) is 0 Å². The third-order valence-electron chi connectivity index (χ3n) is 5.37. The van der Waals surface area contributed by atoms with Gasteiger partial charge in [-0.25, -0.2) is 4.79 Å². The van der Waals surface area contributed by atoms with E-state index in [1.54, 1.807) is 24.3 Å². The Balaban J connectivity index is 1.46. The molecule has 7 nitrogen and oxygen atoms in total. The Morgan fingerprint density at radius 3 is 2.18 bits per heavy atom. The molecule has 0 aromatic heterocycles. The third-order valence-corrected chi connectivity index (χ3v) is 5.37. The van der Waals surface area contributed by atoms with Crippen molar-refractivity contribution in [2.75, 3.05) is 13.2 Å². The minimum atomic E-state index is -0.608. The summed E-state index contributed by atoms with van der Waals surface area (Å²) < 4.78 is 5.56. The first-order valence-electron chi connectivity index (χ1n) is 11.0. The van der Waals surface area contributed by atoms with Crippen LogP contribution < -0.4 is 5.32 Å². The van der Waals surface area contributed by atoms with Gasteiger partial charge in [-0.3, -0.25) is 9.63 Å². The first kappa shape index (κ1) is 23.2. The molecule has 2 atom stereocenters. The number of aliphatic hydroxyl groups is 1. The molecule has 1 heterocycles. The first-order chi connectivity index (χ1) is 16.7. The number of hydrogen-bond donors (Lipinski definition) is 2. The Morgan fingerprint density at radius 1 is 0.882 bits per heavy atom. The molecule has 0 bridgehead atoms. The molecule has 2 unspecified atom stereocenters. The predicted octanol–water partition coefficient (Wildman–Crippen LogP) is 4.33. The number of ether oxygens (including phenoxy) is 1. The normalized spacial score (nSPS) is 17.3. The number of rotatable bonds is 7. The van der Waals surface area contributed by atoms with Crippen LogP contribution in [0.4, 0.5) is 4.79 Å². The van der Waals surface area contributed by atoms with Crippen LogP contribution >= 0.6 is 0 Å². The van der Waals surface area contributed by atoms with E-state index in [4.69, 9.17) is 14.7 Å². The summed E-state index contributed by atoms with van der Waals surface area (Å²) in [7, 11) is 0. The third kappa shape index (κ3) is 5.70. The van der Waals surface area contributed by atoms with Crippen LogP contribution in [0.2, 0.25) is 0 Å². The smallest absolute Gasteiger partial charge is 0.435 e. The molecule has 7 heteroatoms. The summed E-state index contributed by atoms with van der Waals surface area (Å²) in [4.78, 5) is 31.1. The molecule has 3 aromatic carbocycles. The summed E-state index contributed by atoms with van der Waals surface area (Å²) in [6, 6.07) is 25.6. The van der Waals surface area contributed by atoms with Crippen LogP contribution in [0.25, 0.3) is 0 Å². The second-order valence-corrected chi connectivity index (χ2v) is 7.73. The van der Waals surface area contributed by atoms with E-state index in [0.29, 0.717) is 5.56 Å². The van der Waals surface area contributed by atoms with Crippen molar-refractivity contribution < 1.29 is 24.3 Å². The van der Waals surface area contributed by atoms with Crippen molar-refractivity contribution in [2.24, 2.45) is 0 Å². The minimum Gasteiger partial charge on any atom is -0.443 e. The SMILES string of the molecule is O=C(NCCO)c1ccc(COC(=O)N2OC(c3ccccc3)C=CC2c2ccccc2)cc1. The highest BCUT2D eigenvalue weighted by molar-refractivity contribution is 5.94. The second-order valence-electron chi connectivity index (χ2n) is 7.73. The fraction of sp³-hybridized carbons (Fsp3) is 0.185. The molecule has 0 saturated carbocycles. The molecular formula is C27H26N2O5. The van der Waals surface area contributed by atoms with Gasteiger partial charge in [-0.05, 0) is 28.8 Å². The summed E-state index contributed by atoms with van der Waals surface area (Å²) in [6.07, 6.45) is 2.86. The monoisotopic (exact) mass is 458 g/mol. The molecule has 174 valence electrons. The van der Waals surface area contributed by atoms with E-state index in [2.05, 4.69) is 5.32 Å². The standard InChI is InChI=1S/C27H26N2O5/c30-18-17-28-26(31)23-13-11-20(12-14-23)19-33-27(32)29-24(21-7-3-1-4-8-21)15-16-25(34-29)22-9-5-2-6-10-22/h1-16,24-25,30H,17-19H2,(H,28,31). The van der Waals surface area contributed by atoms with Gasteiger partial charge in [0, 0.05) is 12.1 Å². The fourth-order valence-corrected chi connectivity index (χ4v) is 3.61. The molecule has 1 aliphatic heterocycles. The Hall–Kier alpha value is -3.94. The van der Waals surface area contributed by atoms with Gasteiger partial charge < -0.3 is 15.2 Å². The molecule has 0 aliphatic carbocycles. The number of carbonyl (C=O) groups excluding carboxylic acids is 2. The number of hydrogen-bond acceptors (Lipinski definition) is 5. The van der Waals surface area contributed by atoms with Crippen molar-refractivity contribution in [3.63, 3.8) is 0 Å². The molecule has 1 aliphatic rings. The van der Waals surface area contributed by atoms with E-state index >= 15 is 0 Å². The van der Waals surface area contributed by atoms with E-state index in [0.717, 1.165) is 16.7 Å². The number of hydroxylamine groups is 2. The van der Waals surface area contributed by atoms with Crippen LogP contribution in [0.5, 0.6) is 0 Å². The van der Waals surface area contributed by atoms with E-state index < -0.39 is 18.2 Å². The lowest BCUT2D eigenvalue weighted by Gasteiger charge is -2.34. The number of amides is 2. The average Bonchev–Trinajstić information content (AvgIpc) is 2.91. The molecule has 0 radical (unpaired) electrons. The Morgan fingerprint density at radius 2 is 1.53 bits per heavy atom. The minimum absolute atomic E-state index is 0.0263. The van der Waals surface area contributed by atoms with Crippen molar-refractivity contribution in [3.05, 3.63) is 119 Å². The molecule has 4 rings (SSSR count). The number of nitrogens with one attached hydrogen (secondary N) is 1. The van der Waals surface area contributed by atoms with Gasteiger partial charge in [0.15, 0.2) is 0 Å². The van der Waals surface area contributed by atoms with Gasteiger partial charge in [0.05, 0.1) is 6.61 Å². The molecule has 3 aromatic rings. The lowest BCUT2D eigenvalue weighted by molar-refractivity contribution is -0.188.